The Kier molecular flexibility index (Phi) is 4.99. The average Bonchev–Trinajstić information content (AvgIpc) is 2.84. The van der Waals surface area contributed by atoms with Gasteiger partial charge >= 0.3 is 0 Å². The molecular formula is C32H26F2. The van der Waals surface area contributed by atoms with Gasteiger partial charge in [0, 0.05) is 5.92 Å². The fourth-order valence-corrected chi connectivity index (χ4v) is 5.97. The van der Waals surface area contributed by atoms with Crippen molar-refractivity contribution in [1.29, 1.82) is 0 Å². The second kappa shape index (κ2) is 8.06. The first-order valence-corrected chi connectivity index (χ1v) is 12.0. The molecule has 2 aliphatic rings. The van der Waals surface area contributed by atoms with Crippen LogP contribution in [0.15, 0.2) is 78.9 Å². The molecule has 0 radical (unpaired) electrons. The lowest BCUT2D eigenvalue weighted by Crippen LogP contribution is -2.28. The molecule has 6 rings (SSSR count). The number of benzene rings is 4. The highest BCUT2D eigenvalue weighted by Crippen LogP contribution is 2.36. The number of aryl methyl sites for hydroxylation is 1. The maximum atomic E-state index is 14.3. The van der Waals surface area contributed by atoms with Crippen LogP contribution in [0.4, 0.5) is 8.78 Å². The standard InChI is InChI=1S/C32H26F2/c1-19-6-3-4-9-25(19)31-20(2)10-13-27-26(31)14-15-28-29-18-24(34)12-11-22(29)17-30(32(27)28)21-7-5-8-23(33)16-21/h3-9,11-12,14-18,20,30H,10,13H2,1-2H3. The van der Waals surface area contributed by atoms with Gasteiger partial charge in [0.1, 0.15) is 11.6 Å². The molecule has 4 aromatic carbocycles. The second-order valence-corrected chi connectivity index (χ2v) is 9.65. The molecule has 168 valence electrons. The predicted octanol–water partition coefficient (Wildman–Crippen LogP) is 6.27. The van der Waals surface area contributed by atoms with Crippen LogP contribution in [0.25, 0.3) is 11.6 Å². The largest absolute Gasteiger partial charge is 0.207 e. The van der Waals surface area contributed by atoms with E-state index >= 15 is 0 Å². The molecule has 2 heteroatoms. The van der Waals surface area contributed by atoms with Crippen molar-refractivity contribution < 1.29 is 8.78 Å². The van der Waals surface area contributed by atoms with E-state index in [0.717, 1.165) is 34.1 Å². The SMILES string of the molecule is Cc1ccccc1C1=c2ccc3c(c2CCC1C)C(c1cccc(F)c1)C=c1ccc(F)cc1=3. The number of hydrogen-bond donors (Lipinski definition) is 0. The third kappa shape index (κ3) is 3.32. The van der Waals surface area contributed by atoms with Crippen LogP contribution >= 0.6 is 0 Å². The summed E-state index contributed by atoms with van der Waals surface area (Å²) in [5, 5.41) is 4.25. The second-order valence-electron chi connectivity index (χ2n) is 9.65. The first-order chi connectivity index (χ1) is 16.5. The van der Waals surface area contributed by atoms with E-state index < -0.39 is 0 Å². The van der Waals surface area contributed by atoms with E-state index in [0.29, 0.717) is 5.92 Å². The number of fused-ring (bicyclic) bond motifs is 4. The number of hydrogen-bond acceptors (Lipinski definition) is 0. The molecule has 2 aliphatic carbocycles. The van der Waals surface area contributed by atoms with Crippen LogP contribution in [-0.4, -0.2) is 0 Å². The smallest absolute Gasteiger partial charge is 0.123 e. The molecule has 4 aromatic rings. The van der Waals surface area contributed by atoms with Gasteiger partial charge in [-0.3, -0.25) is 0 Å². The van der Waals surface area contributed by atoms with Gasteiger partial charge in [0.05, 0.1) is 0 Å². The van der Waals surface area contributed by atoms with Crippen molar-refractivity contribution in [2.45, 2.75) is 32.6 Å². The minimum atomic E-state index is -0.235. The molecule has 2 atom stereocenters. The molecule has 2 unspecified atom stereocenters. The summed E-state index contributed by atoms with van der Waals surface area (Å²) in [7, 11) is 0. The molecule has 0 fully saturated rings. The van der Waals surface area contributed by atoms with E-state index in [4.69, 9.17) is 0 Å². The summed E-state index contributed by atoms with van der Waals surface area (Å²) < 4.78 is 28.6. The summed E-state index contributed by atoms with van der Waals surface area (Å²) in [5.41, 5.74) is 7.39. The molecule has 0 saturated heterocycles. The lowest BCUT2D eigenvalue weighted by atomic mass is 9.75. The Morgan fingerprint density at radius 3 is 2.38 bits per heavy atom. The van der Waals surface area contributed by atoms with E-state index in [1.807, 2.05) is 12.1 Å². The lowest BCUT2D eigenvalue weighted by molar-refractivity contribution is 0.623. The van der Waals surface area contributed by atoms with Gasteiger partial charge < -0.3 is 0 Å². The van der Waals surface area contributed by atoms with E-state index in [2.05, 4.69) is 56.3 Å². The molecule has 0 amide bonds. The quantitative estimate of drug-likeness (QED) is 0.339. The van der Waals surface area contributed by atoms with Gasteiger partial charge in [-0.15, -0.1) is 0 Å². The fourth-order valence-electron chi connectivity index (χ4n) is 5.97. The highest BCUT2D eigenvalue weighted by atomic mass is 19.1. The normalized spacial score (nSPS) is 18.5. The van der Waals surface area contributed by atoms with Gasteiger partial charge in [0.15, 0.2) is 0 Å². The highest BCUT2D eigenvalue weighted by Gasteiger charge is 2.26. The molecule has 0 heterocycles. The Labute approximate surface area is 198 Å². The summed E-state index contributed by atoms with van der Waals surface area (Å²) in [6, 6.07) is 24.9. The maximum absolute atomic E-state index is 14.3. The van der Waals surface area contributed by atoms with Crippen molar-refractivity contribution in [3.8, 4) is 0 Å². The summed E-state index contributed by atoms with van der Waals surface area (Å²) in [6.45, 7) is 4.48. The van der Waals surface area contributed by atoms with Crippen LogP contribution in [0, 0.1) is 34.9 Å². The van der Waals surface area contributed by atoms with Crippen LogP contribution in [0.3, 0.4) is 0 Å². The van der Waals surface area contributed by atoms with Crippen molar-refractivity contribution in [2.24, 2.45) is 5.92 Å². The minimum Gasteiger partial charge on any atom is -0.207 e. The topological polar surface area (TPSA) is 0 Å². The van der Waals surface area contributed by atoms with Crippen molar-refractivity contribution in [1.82, 2.24) is 0 Å². The van der Waals surface area contributed by atoms with E-state index in [1.54, 1.807) is 18.2 Å². The van der Waals surface area contributed by atoms with Crippen LogP contribution < -0.4 is 10.4 Å². The van der Waals surface area contributed by atoms with Crippen molar-refractivity contribution in [2.75, 3.05) is 0 Å². The van der Waals surface area contributed by atoms with Crippen molar-refractivity contribution in [3.63, 3.8) is 0 Å². The molecule has 0 N–H and O–H groups in total. The average molecular weight is 449 g/mol. The molecule has 0 aliphatic heterocycles. The van der Waals surface area contributed by atoms with Gasteiger partial charge in [-0.25, -0.2) is 8.78 Å². The Morgan fingerprint density at radius 2 is 1.56 bits per heavy atom. The van der Waals surface area contributed by atoms with Gasteiger partial charge in [0.25, 0.3) is 0 Å². The summed E-state index contributed by atoms with van der Waals surface area (Å²) in [4.78, 5) is 0. The fraction of sp³-hybridized carbons (Fsp3) is 0.188. The van der Waals surface area contributed by atoms with Gasteiger partial charge in [0.2, 0.25) is 0 Å². The van der Waals surface area contributed by atoms with E-state index in [-0.39, 0.29) is 17.6 Å². The Balaban J connectivity index is 1.78. The van der Waals surface area contributed by atoms with Crippen LogP contribution in [0.1, 0.15) is 47.1 Å². The molecular weight excluding hydrogens is 422 g/mol. The Hall–Kier alpha value is -3.52. The molecule has 0 spiro atoms. The maximum Gasteiger partial charge on any atom is 0.123 e. The highest BCUT2D eigenvalue weighted by molar-refractivity contribution is 5.72. The monoisotopic (exact) mass is 448 g/mol. The van der Waals surface area contributed by atoms with Gasteiger partial charge in [-0.1, -0.05) is 67.6 Å². The first-order valence-electron chi connectivity index (χ1n) is 12.0. The zero-order valence-corrected chi connectivity index (χ0v) is 19.4. The minimum absolute atomic E-state index is 0.0786. The van der Waals surface area contributed by atoms with Crippen LogP contribution in [-0.2, 0) is 6.42 Å². The van der Waals surface area contributed by atoms with Crippen molar-refractivity contribution in [3.05, 3.63) is 139 Å². The summed E-state index contributed by atoms with van der Waals surface area (Å²) in [5.74, 6) is -0.106. The summed E-state index contributed by atoms with van der Waals surface area (Å²) >= 11 is 0. The Bertz CT molecular complexity index is 1660. The Morgan fingerprint density at radius 1 is 0.765 bits per heavy atom. The molecule has 0 nitrogen and oxygen atoms in total. The lowest BCUT2D eigenvalue weighted by Gasteiger charge is -2.29. The van der Waals surface area contributed by atoms with Crippen molar-refractivity contribution >= 4 is 11.6 Å². The number of halogens is 2. The molecule has 0 bridgehead atoms. The number of rotatable bonds is 2. The van der Waals surface area contributed by atoms with E-state index in [1.165, 1.54) is 45.2 Å². The zero-order chi connectivity index (χ0) is 23.4. The van der Waals surface area contributed by atoms with Crippen LogP contribution in [0.2, 0.25) is 0 Å². The van der Waals surface area contributed by atoms with Gasteiger partial charge in [-0.05, 0) is 104 Å². The summed E-state index contributed by atoms with van der Waals surface area (Å²) in [6.07, 6.45) is 4.19. The third-order valence-corrected chi connectivity index (χ3v) is 7.57. The first kappa shape index (κ1) is 21.0. The van der Waals surface area contributed by atoms with Crippen LogP contribution in [0.5, 0.6) is 0 Å². The molecule has 0 saturated carbocycles. The molecule has 34 heavy (non-hydrogen) atoms. The third-order valence-electron chi connectivity index (χ3n) is 7.57. The van der Waals surface area contributed by atoms with E-state index in [9.17, 15) is 8.78 Å². The van der Waals surface area contributed by atoms with Gasteiger partial charge in [-0.2, -0.15) is 0 Å². The molecule has 0 aromatic heterocycles. The predicted molar refractivity (Wildman–Crippen MR) is 134 cm³/mol. The zero-order valence-electron chi connectivity index (χ0n) is 19.4.